The van der Waals surface area contributed by atoms with Crippen LogP contribution in [0, 0.1) is 6.92 Å². The third-order valence-electron chi connectivity index (χ3n) is 2.91. The monoisotopic (exact) mass is 258 g/mol. The summed E-state index contributed by atoms with van der Waals surface area (Å²) in [4.78, 5) is 29.4. The molecular weight excluding hydrogens is 244 g/mol. The molecule has 0 aliphatic heterocycles. The van der Waals surface area contributed by atoms with E-state index in [2.05, 4.69) is 9.97 Å². The number of carboxylic acids is 1. The van der Waals surface area contributed by atoms with E-state index < -0.39 is 11.5 Å². The lowest BCUT2D eigenvalue weighted by atomic mass is 10.0. The number of carboxylic acid groups (broad SMARTS) is 1. The van der Waals surface area contributed by atoms with E-state index in [4.69, 9.17) is 5.11 Å². The highest BCUT2D eigenvalue weighted by atomic mass is 16.4. The molecule has 0 saturated carbocycles. The van der Waals surface area contributed by atoms with Crippen molar-refractivity contribution in [1.29, 1.82) is 0 Å². The van der Waals surface area contributed by atoms with Crippen molar-refractivity contribution in [3.05, 3.63) is 51.7 Å². The predicted octanol–water partition coefficient (Wildman–Crippen LogP) is 2.01. The highest BCUT2D eigenvalue weighted by Crippen LogP contribution is 2.23. The highest BCUT2D eigenvalue weighted by molar-refractivity contribution is 5.89. The molecule has 0 aliphatic rings. The van der Waals surface area contributed by atoms with Gasteiger partial charge < -0.3 is 10.1 Å². The van der Waals surface area contributed by atoms with E-state index in [1.54, 1.807) is 12.3 Å². The number of nitrogens with zero attached hydrogens (tertiary/aromatic N) is 1. The lowest BCUT2D eigenvalue weighted by molar-refractivity contribution is 0.0695. The maximum Gasteiger partial charge on any atom is 0.341 e. The normalized spacial score (nSPS) is 10.4. The molecule has 0 fully saturated rings. The average Bonchev–Trinajstić information content (AvgIpc) is 2.37. The Morgan fingerprint density at radius 2 is 2.16 bits per heavy atom. The van der Waals surface area contributed by atoms with Crippen molar-refractivity contribution in [1.82, 2.24) is 9.97 Å². The zero-order chi connectivity index (χ0) is 14.0. The van der Waals surface area contributed by atoms with Crippen LogP contribution in [0.3, 0.4) is 0 Å². The molecule has 2 rings (SSSR count). The summed E-state index contributed by atoms with van der Waals surface area (Å²) < 4.78 is 0. The Morgan fingerprint density at radius 1 is 1.42 bits per heavy atom. The SMILES string of the molecule is CCc1[nH]c(=O)c(C(=O)O)cc1-c1ccnc(C)c1. The van der Waals surface area contributed by atoms with Crippen molar-refractivity contribution in [2.24, 2.45) is 0 Å². The summed E-state index contributed by atoms with van der Waals surface area (Å²) >= 11 is 0. The van der Waals surface area contributed by atoms with Gasteiger partial charge in [-0.25, -0.2) is 4.79 Å². The first kappa shape index (κ1) is 13.0. The molecule has 19 heavy (non-hydrogen) atoms. The largest absolute Gasteiger partial charge is 0.477 e. The van der Waals surface area contributed by atoms with Crippen LogP contribution >= 0.6 is 0 Å². The summed E-state index contributed by atoms with van der Waals surface area (Å²) in [6.07, 6.45) is 2.28. The zero-order valence-corrected chi connectivity index (χ0v) is 10.7. The summed E-state index contributed by atoms with van der Waals surface area (Å²) in [6.45, 7) is 3.77. The third kappa shape index (κ3) is 2.54. The van der Waals surface area contributed by atoms with Gasteiger partial charge in [0.05, 0.1) is 0 Å². The smallest absolute Gasteiger partial charge is 0.341 e. The summed E-state index contributed by atoms with van der Waals surface area (Å²) in [7, 11) is 0. The molecule has 0 amide bonds. The van der Waals surface area contributed by atoms with Crippen LogP contribution in [-0.2, 0) is 6.42 Å². The molecule has 0 bridgehead atoms. The lowest BCUT2D eigenvalue weighted by Crippen LogP contribution is -2.19. The number of aromatic carboxylic acids is 1. The van der Waals surface area contributed by atoms with Gasteiger partial charge in [0, 0.05) is 23.1 Å². The van der Waals surface area contributed by atoms with Crippen molar-refractivity contribution in [2.75, 3.05) is 0 Å². The second-order valence-electron chi connectivity index (χ2n) is 4.25. The Morgan fingerprint density at radius 3 is 2.74 bits per heavy atom. The minimum atomic E-state index is -1.23. The molecule has 2 N–H and O–H groups in total. The second kappa shape index (κ2) is 5.06. The van der Waals surface area contributed by atoms with Crippen LogP contribution < -0.4 is 5.56 Å². The molecule has 0 unspecified atom stereocenters. The number of pyridine rings is 2. The second-order valence-corrected chi connectivity index (χ2v) is 4.25. The van der Waals surface area contributed by atoms with Crippen molar-refractivity contribution >= 4 is 5.97 Å². The number of hydrogen-bond donors (Lipinski definition) is 2. The van der Waals surface area contributed by atoms with Crippen LogP contribution in [0.1, 0.15) is 28.7 Å². The first-order valence-corrected chi connectivity index (χ1v) is 5.95. The van der Waals surface area contributed by atoms with E-state index in [9.17, 15) is 9.59 Å². The standard InChI is InChI=1S/C14H14N2O3/c1-3-12-10(9-4-5-15-8(2)6-9)7-11(14(18)19)13(17)16-12/h4-7H,3H2,1-2H3,(H,16,17)(H,18,19). The Bertz CT molecular complexity index is 689. The number of aromatic amines is 1. The summed E-state index contributed by atoms with van der Waals surface area (Å²) in [5, 5.41) is 9.02. The number of H-pyrrole nitrogens is 1. The number of carbonyl (C=O) groups is 1. The minimum Gasteiger partial charge on any atom is -0.477 e. The van der Waals surface area contributed by atoms with Gasteiger partial charge in [-0.1, -0.05) is 6.92 Å². The van der Waals surface area contributed by atoms with Crippen LogP contribution in [0.25, 0.3) is 11.1 Å². The van der Waals surface area contributed by atoms with E-state index in [0.717, 1.165) is 22.5 Å². The van der Waals surface area contributed by atoms with E-state index in [1.807, 2.05) is 19.9 Å². The van der Waals surface area contributed by atoms with Crippen molar-refractivity contribution < 1.29 is 9.90 Å². The Kier molecular flexibility index (Phi) is 3.46. The number of aryl methyl sites for hydroxylation is 2. The van der Waals surface area contributed by atoms with Gasteiger partial charge in [-0.15, -0.1) is 0 Å². The molecule has 2 aromatic rings. The molecule has 0 atom stereocenters. The van der Waals surface area contributed by atoms with E-state index >= 15 is 0 Å². The van der Waals surface area contributed by atoms with Gasteiger partial charge in [0.2, 0.25) is 0 Å². The molecule has 2 aromatic heterocycles. The summed E-state index contributed by atoms with van der Waals surface area (Å²) in [6, 6.07) is 5.08. The van der Waals surface area contributed by atoms with E-state index in [0.29, 0.717) is 6.42 Å². The van der Waals surface area contributed by atoms with Crippen molar-refractivity contribution in [2.45, 2.75) is 20.3 Å². The Labute approximate surface area is 110 Å². The topological polar surface area (TPSA) is 83.0 Å². The lowest BCUT2D eigenvalue weighted by Gasteiger charge is -2.09. The van der Waals surface area contributed by atoms with Crippen molar-refractivity contribution in [3.8, 4) is 11.1 Å². The molecule has 5 nitrogen and oxygen atoms in total. The fraction of sp³-hybridized carbons (Fsp3) is 0.214. The molecule has 2 heterocycles. The first-order valence-electron chi connectivity index (χ1n) is 5.95. The number of hydrogen-bond acceptors (Lipinski definition) is 3. The zero-order valence-electron chi connectivity index (χ0n) is 10.7. The molecule has 0 spiro atoms. The van der Waals surface area contributed by atoms with Gasteiger partial charge in [0.15, 0.2) is 0 Å². The summed E-state index contributed by atoms with van der Waals surface area (Å²) in [5.74, 6) is -1.23. The van der Waals surface area contributed by atoms with Crippen molar-refractivity contribution in [3.63, 3.8) is 0 Å². The van der Waals surface area contributed by atoms with Gasteiger partial charge in [0.25, 0.3) is 5.56 Å². The molecular formula is C14H14N2O3. The van der Waals surface area contributed by atoms with Crippen LogP contribution in [-0.4, -0.2) is 21.0 Å². The van der Waals surface area contributed by atoms with Gasteiger partial charge in [0.1, 0.15) is 5.56 Å². The molecule has 0 aromatic carbocycles. The fourth-order valence-electron chi connectivity index (χ4n) is 1.98. The molecule has 0 saturated heterocycles. The Hall–Kier alpha value is -2.43. The van der Waals surface area contributed by atoms with Gasteiger partial charge in [-0.3, -0.25) is 9.78 Å². The van der Waals surface area contributed by atoms with Gasteiger partial charge in [-0.2, -0.15) is 0 Å². The van der Waals surface area contributed by atoms with E-state index in [1.165, 1.54) is 6.07 Å². The van der Waals surface area contributed by atoms with E-state index in [-0.39, 0.29) is 5.56 Å². The van der Waals surface area contributed by atoms with Crippen LogP contribution in [0.2, 0.25) is 0 Å². The maximum atomic E-state index is 11.6. The van der Waals surface area contributed by atoms with Crippen LogP contribution in [0.4, 0.5) is 0 Å². The predicted molar refractivity (Wildman–Crippen MR) is 71.4 cm³/mol. The third-order valence-corrected chi connectivity index (χ3v) is 2.91. The quantitative estimate of drug-likeness (QED) is 0.882. The van der Waals surface area contributed by atoms with Crippen LogP contribution in [0.5, 0.6) is 0 Å². The molecule has 5 heteroatoms. The number of nitrogens with one attached hydrogen (secondary N) is 1. The molecule has 98 valence electrons. The summed E-state index contributed by atoms with van der Waals surface area (Å²) in [5.41, 5.74) is 2.32. The van der Waals surface area contributed by atoms with Gasteiger partial charge in [-0.05, 0) is 37.1 Å². The first-order chi connectivity index (χ1) is 9.02. The molecule has 0 aliphatic carbocycles. The fourth-order valence-corrected chi connectivity index (χ4v) is 1.98. The molecule has 0 radical (unpaired) electrons. The van der Waals surface area contributed by atoms with Gasteiger partial charge >= 0.3 is 5.97 Å². The number of aromatic nitrogens is 2. The Balaban J connectivity index is 2.71. The highest BCUT2D eigenvalue weighted by Gasteiger charge is 2.14. The average molecular weight is 258 g/mol. The number of rotatable bonds is 3. The minimum absolute atomic E-state index is 0.248. The van der Waals surface area contributed by atoms with Crippen LogP contribution in [0.15, 0.2) is 29.2 Å². The maximum absolute atomic E-state index is 11.6.